The van der Waals surface area contributed by atoms with Crippen LogP contribution >= 0.6 is 0 Å². The van der Waals surface area contributed by atoms with Gasteiger partial charge in [-0.15, -0.1) is 0 Å². The molecule has 0 radical (unpaired) electrons. The van der Waals surface area contributed by atoms with Gasteiger partial charge in [0.15, 0.2) is 23.0 Å². The zero-order valence-electron chi connectivity index (χ0n) is 29.0. The molecule has 258 valence electrons. The summed E-state index contributed by atoms with van der Waals surface area (Å²) in [6.07, 6.45) is 2.45. The quantitative estimate of drug-likeness (QED) is 0.148. The Labute approximate surface area is 279 Å². The molecule has 0 spiro atoms. The Morgan fingerprint density at radius 2 is 0.833 bits per heavy atom. The number of phenols is 2. The average molecular weight is 667 g/mol. The predicted octanol–water partition coefficient (Wildman–Crippen LogP) is 6.60. The van der Waals surface area contributed by atoms with Crippen molar-refractivity contribution in [1.29, 1.82) is 0 Å². The Kier molecular flexibility index (Phi) is 10.9. The second kappa shape index (κ2) is 14.7. The van der Waals surface area contributed by atoms with Crippen molar-refractivity contribution < 1.29 is 57.7 Å². The second-order valence-electron chi connectivity index (χ2n) is 10.8. The molecule has 4 aromatic rings. The zero-order valence-corrected chi connectivity index (χ0v) is 29.0. The lowest BCUT2D eigenvalue weighted by Gasteiger charge is -2.26. The van der Waals surface area contributed by atoms with E-state index in [9.17, 15) is 19.8 Å². The molecule has 0 fully saturated rings. The van der Waals surface area contributed by atoms with E-state index >= 15 is 0 Å². The first kappa shape index (κ1) is 35.6. The van der Waals surface area contributed by atoms with Crippen molar-refractivity contribution in [3.8, 4) is 57.1 Å². The van der Waals surface area contributed by atoms with Gasteiger partial charge in [0.25, 0.3) is 0 Å². The van der Waals surface area contributed by atoms with Crippen LogP contribution in [-0.2, 0) is 22.3 Å². The third-order valence-electron chi connectivity index (χ3n) is 8.31. The van der Waals surface area contributed by atoms with E-state index in [-0.39, 0.29) is 79.0 Å². The van der Waals surface area contributed by atoms with Gasteiger partial charge in [0.05, 0.1) is 67.7 Å². The summed E-state index contributed by atoms with van der Waals surface area (Å²) in [5, 5.41) is 24.6. The summed E-state index contributed by atoms with van der Waals surface area (Å²) in [4.78, 5) is 27.2. The molecule has 12 heteroatoms. The van der Waals surface area contributed by atoms with E-state index in [0.29, 0.717) is 47.6 Å². The number of fused-ring (bicyclic) bond motifs is 2. The number of aromatic hydroxyl groups is 2. The van der Waals surface area contributed by atoms with Crippen LogP contribution in [0.4, 0.5) is 0 Å². The summed E-state index contributed by atoms with van der Waals surface area (Å²) in [5.74, 6) is -1.91. The number of hydrogen-bond donors (Lipinski definition) is 2. The van der Waals surface area contributed by atoms with Gasteiger partial charge >= 0.3 is 11.9 Å². The summed E-state index contributed by atoms with van der Waals surface area (Å²) in [6, 6.07) is 3.62. The van der Waals surface area contributed by atoms with Gasteiger partial charge in [-0.1, -0.05) is 26.7 Å². The molecule has 0 bridgehead atoms. The first-order valence-corrected chi connectivity index (χ1v) is 15.3. The third kappa shape index (κ3) is 5.44. The molecule has 0 aliphatic heterocycles. The number of benzene rings is 4. The van der Waals surface area contributed by atoms with Crippen molar-refractivity contribution >= 4 is 33.5 Å². The Morgan fingerprint density at radius 3 is 1.08 bits per heavy atom. The smallest absolute Gasteiger partial charge is 0.345 e. The lowest BCUT2D eigenvalue weighted by molar-refractivity contribution is 0.0584. The molecule has 48 heavy (non-hydrogen) atoms. The normalized spacial score (nSPS) is 11.0. The largest absolute Gasteiger partial charge is 0.504 e. The van der Waals surface area contributed by atoms with Crippen LogP contribution in [0.2, 0.25) is 0 Å². The highest BCUT2D eigenvalue weighted by Crippen LogP contribution is 2.58. The van der Waals surface area contributed by atoms with Gasteiger partial charge in [-0.2, -0.15) is 0 Å². The second-order valence-corrected chi connectivity index (χ2v) is 10.8. The van der Waals surface area contributed by atoms with E-state index in [1.807, 2.05) is 26.0 Å². The van der Waals surface area contributed by atoms with E-state index in [4.69, 9.17) is 37.9 Å². The molecule has 0 atom stereocenters. The van der Waals surface area contributed by atoms with Gasteiger partial charge in [-0.3, -0.25) is 0 Å². The molecule has 2 N–H and O–H groups in total. The Morgan fingerprint density at radius 1 is 0.521 bits per heavy atom. The lowest BCUT2D eigenvalue weighted by atomic mass is 9.85. The molecule has 0 unspecified atom stereocenters. The van der Waals surface area contributed by atoms with Gasteiger partial charge in [0.1, 0.15) is 34.1 Å². The van der Waals surface area contributed by atoms with Crippen molar-refractivity contribution in [1.82, 2.24) is 0 Å². The number of carbonyl (C=O) groups excluding carboxylic acids is 2. The van der Waals surface area contributed by atoms with Crippen molar-refractivity contribution in [2.75, 3.05) is 56.9 Å². The maximum Gasteiger partial charge on any atom is 0.345 e. The number of aryl methyl sites for hydroxylation is 2. The average Bonchev–Trinajstić information content (AvgIpc) is 3.09. The van der Waals surface area contributed by atoms with E-state index < -0.39 is 11.9 Å². The molecule has 0 aromatic heterocycles. The summed E-state index contributed by atoms with van der Waals surface area (Å²) in [6.45, 7) is 3.97. The zero-order chi connectivity index (χ0) is 35.4. The highest BCUT2D eigenvalue weighted by Gasteiger charge is 2.37. The standard InChI is InChI=1S/C36H42O12/c1-11-13-17-15-19-21(31(43-5)25(35(39)47-9)33(45-7)23(19)27(37)29(17)41-3)22-20-16-18(14-12-2)30(42-4)28(38)24(20)34(46-8)26(32(22)44-6)36(40)48-10/h15-16,37-38H,11-14H2,1-10H3. The van der Waals surface area contributed by atoms with Crippen LogP contribution < -0.4 is 28.4 Å². The molecule has 4 aromatic carbocycles. The van der Waals surface area contributed by atoms with Crippen molar-refractivity contribution in [3.05, 3.63) is 34.4 Å². The number of methoxy groups -OCH3 is 8. The predicted molar refractivity (Wildman–Crippen MR) is 180 cm³/mol. The first-order chi connectivity index (χ1) is 23.1. The maximum atomic E-state index is 13.6. The van der Waals surface area contributed by atoms with Gasteiger partial charge in [-0.25, -0.2) is 9.59 Å². The number of phenolic OH excluding ortho intramolecular Hbond substituents is 2. The van der Waals surface area contributed by atoms with Crippen molar-refractivity contribution in [3.63, 3.8) is 0 Å². The Bertz CT molecular complexity index is 1760. The summed E-state index contributed by atoms with van der Waals surface area (Å²) >= 11 is 0. The van der Waals surface area contributed by atoms with Gasteiger partial charge in [0.2, 0.25) is 0 Å². The monoisotopic (exact) mass is 666 g/mol. The van der Waals surface area contributed by atoms with Gasteiger partial charge in [-0.05, 0) is 36.1 Å². The van der Waals surface area contributed by atoms with Crippen LogP contribution in [0.3, 0.4) is 0 Å². The molecule has 0 heterocycles. The Hall–Kier alpha value is -5.26. The summed E-state index contributed by atoms with van der Waals surface area (Å²) in [5.41, 5.74) is 1.46. The molecular weight excluding hydrogens is 624 g/mol. The topological polar surface area (TPSA) is 148 Å². The number of hydrogen-bond acceptors (Lipinski definition) is 12. The Balaban J connectivity index is 2.56. The minimum atomic E-state index is -0.830. The fraction of sp³-hybridized carbons (Fsp3) is 0.389. The molecule has 0 saturated heterocycles. The van der Waals surface area contributed by atoms with Crippen LogP contribution in [0.15, 0.2) is 12.1 Å². The minimum Gasteiger partial charge on any atom is -0.504 e. The highest BCUT2D eigenvalue weighted by molar-refractivity contribution is 6.22. The molecule has 4 rings (SSSR count). The SMILES string of the molecule is CCCc1cc2c(-c3c(OC)c(C(=O)OC)c(OC)c4c(O)c(OC)c(CCC)cc34)c(OC)c(C(=O)OC)c(OC)c2c(O)c1OC. The molecule has 0 aliphatic carbocycles. The highest BCUT2D eigenvalue weighted by atomic mass is 16.5. The van der Waals surface area contributed by atoms with E-state index in [2.05, 4.69) is 0 Å². The molecule has 0 saturated carbocycles. The number of rotatable bonds is 13. The van der Waals surface area contributed by atoms with Crippen molar-refractivity contribution in [2.24, 2.45) is 0 Å². The van der Waals surface area contributed by atoms with Crippen LogP contribution in [0.5, 0.6) is 46.0 Å². The minimum absolute atomic E-state index is 0.00820. The fourth-order valence-electron chi connectivity index (χ4n) is 6.47. The van der Waals surface area contributed by atoms with Crippen LogP contribution in [0.25, 0.3) is 32.7 Å². The van der Waals surface area contributed by atoms with Crippen LogP contribution in [-0.4, -0.2) is 79.0 Å². The number of esters is 2. The maximum absolute atomic E-state index is 13.6. The summed E-state index contributed by atoms with van der Waals surface area (Å²) in [7, 11) is 10.7. The molecule has 12 nitrogen and oxygen atoms in total. The van der Waals surface area contributed by atoms with Gasteiger partial charge in [0, 0.05) is 21.9 Å². The molecule has 0 aliphatic rings. The van der Waals surface area contributed by atoms with Gasteiger partial charge < -0.3 is 48.1 Å². The number of carbonyl (C=O) groups is 2. The van der Waals surface area contributed by atoms with Crippen LogP contribution in [0, 0.1) is 0 Å². The number of ether oxygens (including phenoxy) is 8. The van der Waals surface area contributed by atoms with Crippen LogP contribution in [0.1, 0.15) is 58.5 Å². The summed E-state index contributed by atoms with van der Waals surface area (Å²) < 4.78 is 45.2. The van der Waals surface area contributed by atoms with E-state index in [1.54, 1.807) is 0 Å². The fourth-order valence-corrected chi connectivity index (χ4v) is 6.47. The third-order valence-corrected chi connectivity index (χ3v) is 8.31. The lowest BCUT2D eigenvalue weighted by Crippen LogP contribution is -2.12. The van der Waals surface area contributed by atoms with E-state index in [0.717, 1.165) is 0 Å². The molecular formula is C36H42O12. The first-order valence-electron chi connectivity index (χ1n) is 15.3. The van der Waals surface area contributed by atoms with E-state index in [1.165, 1.54) is 56.9 Å². The van der Waals surface area contributed by atoms with Crippen molar-refractivity contribution in [2.45, 2.75) is 39.5 Å². The molecule has 0 amide bonds.